The van der Waals surface area contributed by atoms with Gasteiger partial charge in [-0.2, -0.15) is 18.4 Å². The van der Waals surface area contributed by atoms with Crippen molar-refractivity contribution in [1.29, 1.82) is 5.26 Å². The number of aromatic nitrogens is 1. The van der Waals surface area contributed by atoms with E-state index >= 15 is 0 Å². The molecule has 0 spiro atoms. The lowest BCUT2D eigenvalue weighted by Crippen LogP contribution is -2.59. The van der Waals surface area contributed by atoms with Crippen LogP contribution in [0.15, 0.2) is 30.5 Å². The molecule has 1 aromatic heterocycles. The number of benzene rings is 1. The molecule has 2 aliphatic heterocycles. The molecule has 3 heterocycles. The van der Waals surface area contributed by atoms with Crippen molar-refractivity contribution in [3.05, 3.63) is 36.0 Å². The maximum Gasteiger partial charge on any atom is 0.397 e. The number of anilines is 1. The highest BCUT2D eigenvalue weighted by Gasteiger charge is 2.86. The Kier molecular flexibility index (Phi) is 4.86. The number of pyridine rings is 1. The number of likely N-dealkylation sites (tertiary alicyclic amines) is 1. The van der Waals surface area contributed by atoms with Crippen LogP contribution in [0.25, 0.3) is 10.9 Å². The molecule has 0 bridgehead atoms. The number of rotatable bonds is 3. The number of hydrogen-bond donors (Lipinski definition) is 1. The zero-order valence-corrected chi connectivity index (χ0v) is 18.3. The number of carbonyl (C=O) groups is 1. The van der Waals surface area contributed by atoms with E-state index < -0.39 is 54.4 Å². The Morgan fingerprint density at radius 2 is 2.00 bits per heavy atom. The number of piperidine rings is 2. The fourth-order valence-corrected chi connectivity index (χ4v) is 5.70. The highest BCUT2D eigenvalue weighted by molar-refractivity contribution is 5.97. The minimum Gasteiger partial charge on any atom is -0.369 e. The fraction of sp³-hybridized carbons (Fsp3) is 0.522. The van der Waals surface area contributed by atoms with Gasteiger partial charge >= 0.3 is 6.18 Å². The molecule has 2 saturated heterocycles. The van der Waals surface area contributed by atoms with Gasteiger partial charge in [0.25, 0.3) is 5.92 Å². The van der Waals surface area contributed by atoms with Gasteiger partial charge in [0.1, 0.15) is 11.5 Å². The monoisotopic (exact) mass is 479 g/mol. The van der Waals surface area contributed by atoms with E-state index in [1.807, 2.05) is 6.07 Å². The summed E-state index contributed by atoms with van der Waals surface area (Å²) in [5.41, 5.74) is -3.09. The van der Waals surface area contributed by atoms with E-state index in [2.05, 4.69) is 10.3 Å². The van der Waals surface area contributed by atoms with Crippen molar-refractivity contribution in [3.63, 3.8) is 0 Å². The number of carbonyl (C=O) groups excluding carboxylic acids is 1. The Bertz CT molecular complexity index is 1210. The Balaban J connectivity index is 1.48. The number of fused-ring (bicyclic) bond motifs is 2. The maximum atomic E-state index is 14.5. The van der Waals surface area contributed by atoms with Crippen LogP contribution in [0, 0.1) is 22.2 Å². The summed E-state index contributed by atoms with van der Waals surface area (Å²) in [7, 11) is 1.53. The van der Waals surface area contributed by atoms with Crippen LogP contribution in [0.3, 0.4) is 0 Å². The van der Waals surface area contributed by atoms with Crippen molar-refractivity contribution in [2.45, 2.75) is 31.0 Å². The van der Waals surface area contributed by atoms with Crippen molar-refractivity contribution < 1.29 is 26.7 Å². The first-order valence-electron chi connectivity index (χ1n) is 10.9. The van der Waals surface area contributed by atoms with Gasteiger partial charge in [-0.25, -0.2) is 8.78 Å². The Morgan fingerprint density at radius 1 is 1.24 bits per heavy atom. The molecule has 11 heteroatoms. The largest absolute Gasteiger partial charge is 0.397 e. The van der Waals surface area contributed by atoms with Crippen LogP contribution in [-0.2, 0) is 4.79 Å². The van der Waals surface area contributed by atoms with E-state index in [9.17, 15) is 32.0 Å². The van der Waals surface area contributed by atoms with Crippen LogP contribution in [0.2, 0.25) is 0 Å². The molecule has 6 nitrogen and oxygen atoms in total. The second-order valence-corrected chi connectivity index (χ2v) is 9.65. The predicted molar refractivity (Wildman–Crippen MR) is 113 cm³/mol. The van der Waals surface area contributed by atoms with Gasteiger partial charge in [-0.1, -0.05) is 0 Å². The average Bonchev–Trinajstić information content (AvgIpc) is 3.32. The number of nitrogens with zero attached hydrogens (tertiary/aromatic N) is 4. The van der Waals surface area contributed by atoms with Crippen molar-refractivity contribution in [1.82, 2.24) is 15.2 Å². The first-order chi connectivity index (χ1) is 15.9. The summed E-state index contributed by atoms with van der Waals surface area (Å²) in [4.78, 5) is 20.3. The molecule has 180 valence electrons. The summed E-state index contributed by atoms with van der Waals surface area (Å²) in [6.07, 6.45) is -3.67. The summed E-state index contributed by atoms with van der Waals surface area (Å²) >= 11 is 0. The average molecular weight is 479 g/mol. The van der Waals surface area contributed by atoms with Crippen LogP contribution in [0.4, 0.5) is 27.6 Å². The summed E-state index contributed by atoms with van der Waals surface area (Å²) in [6, 6.07) is 6.83. The summed E-state index contributed by atoms with van der Waals surface area (Å²) in [6.45, 7) is -0.976. The molecule has 3 aliphatic rings. The van der Waals surface area contributed by atoms with Crippen LogP contribution in [0.1, 0.15) is 18.4 Å². The Morgan fingerprint density at radius 3 is 2.68 bits per heavy atom. The minimum atomic E-state index is -4.69. The van der Waals surface area contributed by atoms with Crippen LogP contribution in [-0.4, -0.2) is 67.2 Å². The highest BCUT2D eigenvalue weighted by atomic mass is 19.4. The number of amides is 1. The maximum absolute atomic E-state index is 14.5. The van der Waals surface area contributed by atoms with Crippen molar-refractivity contribution in [2.75, 3.05) is 38.1 Å². The van der Waals surface area contributed by atoms with Crippen LogP contribution >= 0.6 is 0 Å². The van der Waals surface area contributed by atoms with Gasteiger partial charge in [0, 0.05) is 36.9 Å². The molecule has 3 atom stereocenters. The van der Waals surface area contributed by atoms with E-state index in [1.165, 1.54) is 29.1 Å². The number of nitriles is 1. The van der Waals surface area contributed by atoms with E-state index in [1.54, 1.807) is 18.2 Å². The third-order valence-electron chi connectivity index (χ3n) is 7.60. The van der Waals surface area contributed by atoms with Gasteiger partial charge in [0.05, 0.1) is 29.1 Å². The molecule has 0 radical (unpaired) electrons. The van der Waals surface area contributed by atoms with Crippen LogP contribution in [0.5, 0.6) is 0 Å². The molecule has 5 rings (SSSR count). The van der Waals surface area contributed by atoms with E-state index in [4.69, 9.17) is 0 Å². The predicted octanol–water partition coefficient (Wildman–Crippen LogP) is 3.32. The second kappa shape index (κ2) is 7.25. The first-order valence-corrected chi connectivity index (χ1v) is 10.9. The molecule has 34 heavy (non-hydrogen) atoms. The lowest BCUT2D eigenvalue weighted by Gasteiger charge is -2.37. The van der Waals surface area contributed by atoms with Gasteiger partial charge in [-0.3, -0.25) is 9.78 Å². The van der Waals surface area contributed by atoms with Gasteiger partial charge in [-0.15, -0.1) is 0 Å². The zero-order chi connectivity index (χ0) is 24.5. The molecular weight excluding hydrogens is 457 g/mol. The molecule has 3 fully saturated rings. The van der Waals surface area contributed by atoms with E-state index in [0.29, 0.717) is 23.1 Å². The normalized spacial score (nSPS) is 30.6. The number of alkyl halides is 5. The quantitative estimate of drug-likeness (QED) is 0.684. The summed E-state index contributed by atoms with van der Waals surface area (Å²) in [5.74, 6) is -4.21. The minimum absolute atomic E-state index is 0.0417. The highest BCUT2D eigenvalue weighted by Crippen LogP contribution is 2.75. The van der Waals surface area contributed by atoms with E-state index in [0.717, 1.165) is 0 Å². The van der Waals surface area contributed by atoms with Crippen LogP contribution < -0.4 is 10.2 Å². The molecule has 1 aliphatic carbocycles. The lowest BCUT2D eigenvalue weighted by atomic mass is 9.93. The third kappa shape index (κ3) is 3.15. The molecule has 2 aromatic rings. The number of hydrogen-bond acceptors (Lipinski definition) is 5. The summed E-state index contributed by atoms with van der Waals surface area (Å²) in [5, 5.41) is 12.1. The summed E-state index contributed by atoms with van der Waals surface area (Å²) < 4.78 is 71.8. The SMILES string of the molecule is CN1CCC(NC(=O)C23CN(c4ccc(C#N)c5ncccc45)CC2(C(F)(F)F)C3)C(F)(F)C1. The first kappa shape index (κ1) is 22.8. The van der Waals surface area contributed by atoms with Crippen molar-refractivity contribution in [3.8, 4) is 6.07 Å². The molecule has 1 amide bonds. The molecular formula is C23H22F5N5O. The third-order valence-corrected chi connectivity index (χ3v) is 7.60. The Hall–Kier alpha value is -3.00. The zero-order valence-electron chi connectivity index (χ0n) is 18.3. The lowest BCUT2D eigenvalue weighted by molar-refractivity contribution is -0.192. The van der Waals surface area contributed by atoms with Gasteiger partial charge in [0.15, 0.2) is 0 Å². The standard InChI is InChI=1S/C23H22F5N5O/c1-32-8-6-17(22(24,25)13-32)31-19(34)20-10-21(20,23(26,27)28)12-33(11-20)16-5-4-14(9-29)18-15(16)3-2-7-30-18/h2-5,7,17H,6,8,10-13H2,1H3,(H,31,34). The van der Waals surface area contributed by atoms with Gasteiger partial charge in [-0.05, 0) is 44.2 Å². The molecule has 1 aromatic carbocycles. The topological polar surface area (TPSA) is 72.3 Å². The molecule has 1 N–H and O–H groups in total. The van der Waals surface area contributed by atoms with Crippen molar-refractivity contribution >= 4 is 22.5 Å². The van der Waals surface area contributed by atoms with Gasteiger partial charge in [0.2, 0.25) is 5.91 Å². The second-order valence-electron chi connectivity index (χ2n) is 9.65. The van der Waals surface area contributed by atoms with E-state index in [-0.39, 0.29) is 18.5 Å². The molecule has 1 saturated carbocycles. The van der Waals surface area contributed by atoms with Crippen molar-refractivity contribution in [2.24, 2.45) is 10.8 Å². The van der Waals surface area contributed by atoms with Gasteiger partial charge < -0.3 is 15.1 Å². The Labute approximate surface area is 192 Å². The molecule has 3 unspecified atom stereocenters. The number of nitrogens with one attached hydrogen (secondary N) is 1. The fourth-order valence-electron chi connectivity index (χ4n) is 5.70. The smallest absolute Gasteiger partial charge is 0.369 e. The number of halogens is 5.